The lowest BCUT2D eigenvalue weighted by molar-refractivity contribution is -0.120. The quantitative estimate of drug-likeness (QED) is 0.861. The standard InChI is InChI=1S/C15H18Cl2N2O/c1-14(10-15(14,16)17)13(20)18-11-6-2-3-7-12(11)19-8-4-5-9-19/h2-3,6-7H,4-5,8-10H2,1H3,(H,18,20). The number of alkyl halides is 2. The number of carbonyl (C=O) groups excluding carboxylic acids is 1. The second-order valence-corrected chi connectivity index (χ2v) is 7.36. The maximum atomic E-state index is 12.4. The lowest BCUT2D eigenvalue weighted by Gasteiger charge is -2.22. The zero-order valence-electron chi connectivity index (χ0n) is 11.5. The first-order chi connectivity index (χ1) is 9.44. The van der Waals surface area contributed by atoms with Crippen molar-refractivity contribution < 1.29 is 4.79 Å². The predicted octanol–water partition coefficient (Wildman–Crippen LogP) is 3.81. The molecule has 0 bridgehead atoms. The van der Waals surface area contributed by atoms with Crippen LogP contribution in [0.5, 0.6) is 0 Å². The Morgan fingerprint density at radius 3 is 2.45 bits per heavy atom. The Labute approximate surface area is 129 Å². The van der Waals surface area contributed by atoms with Crippen molar-refractivity contribution in [3.63, 3.8) is 0 Å². The van der Waals surface area contributed by atoms with Crippen molar-refractivity contribution in [2.45, 2.75) is 30.5 Å². The van der Waals surface area contributed by atoms with Crippen LogP contribution in [0.4, 0.5) is 11.4 Å². The van der Waals surface area contributed by atoms with Crippen molar-refractivity contribution in [1.29, 1.82) is 0 Å². The highest BCUT2D eigenvalue weighted by Gasteiger charge is 2.67. The van der Waals surface area contributed by atoms with Crippen molar-refractivity contribution in [2.75, 3.05) is 23.3 Å². The summed E-state index contributed by atoms with van der Waals surface area (Å²) in [7, 11) is 0. The average molecular weight is 313 g/mol. The number of hydrogen-bond donors (Lipinski definition) is 1. The molecule has 1 aromatic carbocycles. The number of amides is 1. The Morgan fingerprint density at radius 1 is 1.25 bits per heavy atom. The van der Waals surface area contributed by atoms with E-state index in [1.807, 2.05) is 24.3 Å². The van der Waals surface area contributed by atoms with E-state index >= 15 is 0 Å². The van der Waals surface area contributed by atoms with E-state index in [1.165, 1.54) is 12.8 Å². The first kappa shape index (κ1) is 14.0. The Hall–Kier alpha value is -0.930. The van der Waals surface area contributed by atoms with Gasteiger partial charge in [0.2, 0.25) is 5.91 Å². The Morgan fingerprint density at radius 2 is 1.85 bits per heavy atom. The van der Waals surface area contributed by atoms with Crippen LogP contribution in [0.15, 0.2) is 24.3 Å². The normalized spacial score (nSPS) is 27.4. The van der Waals surface area contributed by atoms with Gasteiger partial charge in [0, 0.05) is 13.1 Å². The van der Waals surface area contributed by atoms with Gasteiger partial charge in [-0.25, -0.2) is 0 Å². The molecule has 3 nitrogen and oxygen atoms in total. The summed E-state index contributed by atoms with van der Waals surface area (Å²) in [5.74, 6) is -0.103. The molecule has 2 aliphatic rings. The number of rotatable bonds is 3. The molecule has 2 fully saturated rings. The molecule has 1 N–H and O–H groups in total. The highest BCUT2D eigenvalue weighted by atomic mass is 35.5. The minimum atomic E-state index is -0.931. The molecule has 1 aromatic rings. The highest BCUT2D eigenvalue weighted by molar-refractivity contribution is 6.53. The number of hydrogen-bond acceptors (Lipinski definition) is 2. The lowest BCUT2D eigenvalue weighted by atomic mass is 10.1. The smallest absolute Gasteiger partial charge is 0.233 e. The molecule has 1 aliphatic heterocycles. The Kier molecular flexibility index (Phi) is 3.38. The summed E-state index contributed by atoms with van der Waals surface area (Å²) in [5.41, 5.74) is 1.24. The molecule has 1 aliphatic carbocycles. The van der Waals surface area contributed by atoms with Gasteiger partial charge < -0.3 is 10.2 Å². The highest BCUT2D eigenvalue weighted by Crippen LogP contribution is 2.64. The predicted molar refractivity (Wildman–Crippen MR) is 83.7 cm³/mol. The second-order valence-electron chi connectivity index (χ2n) is 5.88. The summed E-state index contributed by atoms with van der Waals surface area (Å²) >= 11 is 12.1. The molecule has 1 amide bonds. The fourth-order valence-electron chi connectivity index (χ4n) is 2.72. The zero-order valence-corrected chi connectivity index (χ0v) is 13.0. The van der Waals surface area contributed by atoms with Gasteiger partial charge in [0.25, 0.3) is 0 Å². The van der Waals surface area contributed by atoms with Crippen molar-refractivity contribution in [2.24, 2.45) is 5.41 Å². The number of para-hydroxylation sites is 2. The fourth-order valence-corrected chi connectivity index (χ4v) is 3.43. The molecule has 0 aromatic heterocycles. The van der Waals surface area contributed by atoms with Crippen molar-refractivity contribution in [1.82, 2.24) is 0 Å². The molecule has 1 unspecified atom stereocenters. The van der Waals surface area contributed by atoms with E-state index in [-0.39, 0.29) is 5.91 Å². The Balaban J connectivity index is 1.79. The van der Waals surface area contributed by atoms with Gasteiger partial charge in [-0.3, -0.25) is 4.79 Å². The van der Waals surface area contributed by atoms with Crippen LogP contribution in [-0.4, -0.2) is 23.3 Å². The third-order valence-corrected chi connectivity index (χ3v) is 5.46. The molecule has 1 atom stereocenters. The largest absolute Gasteiger partial charge is 0.370 e. The molecular weight excluding hydrogens is 295 g/mol. The Bertz CT molecular complexity index is 540. The fraction of sp³-hybridized carbons (Fsp3) is 0.533. The van der Waals surface area contributed by atoms with Crippen molar-refractivity contribution in [3.05, 3.63) is 24.3 Å². The van der Waals surface area contributed by atoms with Gasteiger partial charge >= 0.3 is 0 Å². The molecule has 108 valence electrons. The molecule has 3 rings (SSSR count). The van der Waals surface area contributed by atoms with Crippen LogP contribution < -0.4 is 10.2 Å². The monoisotopic (exact) mass is 312 g/mol. The minimum Gasteiger partial charge on any atom is -0.370 e. The number of halogens is 2. The van der Waals surface area contributed by atoms with Crippen LogP contribution in [0.3, 0.4) is 0 Å². The third-order valence-electron chi connectivity index (χ3n) is 4.36. The van der Waals surface area contributed by atoms with Crippen molar-refractivity contribution >= 4 is 40.5 Å². The second kappa shape index (κ2) is 4.81. The SMILES string of the molecule is CC1(C(=O)Nc2ccccc2N2CCCC2)CC1(Cl)Cl. The molecule has 20 heavy (non-hydrogen) atoms. The molecule has 5 heteroatoms. The lowest BCUT2D eigenvalue weighted by Crippen LogP contribution is -2.27. The van der Waals surface area contributed by atoms with E-state index in [0.717, 1.165) is 24.5 Å². The maximum absolute atomic E-state index is 12.4. The van der Waals surface area contributed by atoms with Crippen LogP contribution in [0, 0.1) is 5.41 Å². The van der Waals surface area contributed by atoms with Gasteiger partial charge in [0.1, 0.15) is 4.33 Å². The topological polar surface area (TPSA) is 32.3 Å². The van der Waals surface area contributed by atoms with Crippen LogP contribution in [-0.2, 0) is 4.79 Å². The number of benzene rings is 1. The average Bonchev–Trinajstić information content (AvgIpc) is 2.82. The molecule has 1 saturated carbocycles. The maximum Gasteiger partial charge on any atom is 0.233 e. The summed E-state index contributed by atoms with van der Waals surface area (Å²) in [4.78, 5) is 14.7. The molecular formula is C15H18Cl2N2O. The van der Waals surface area contributed by atoms with Gasteiger partial charge in [-0.2, -0.15) is 0 Å². The number of nitrogens with zero attached hydrogens (tertiary/aromatic N) is 1. The van der Waals surface area contributed by atoms with Gasteiger partial charge in [0.15, 0.2) is 0 Å². The number of nitrogens with one attached hydrogen (secondary N) is 1. The van der Waals surface area contributed by atoms with Crippen molar-refractivity contribution in [3.8, 4) is 0 Å². The summed E-state index contributed by atoms with van der Waals surface area (Å²) in [6.45, 7) is 3.89. The van der Waals surface area contributed by atoms with E-state index in [9.17, 15) is 4.79 Å². The van der Waals surface area contributed by atoms with Crippen LogP contribution in [0.2, 0.25) is 0 Å². The molecule has 0 radical (unpaired) electrons. The first-order valence-electron chi connectivity index (χ1n) is 6.97. The van der Waals surface area contributed by atoms with E-state index < -0.39 is 9.75 Å². The molecule has 0 spiro atoms. The number of anilines is 2. The van der Waals surface area contributed by atoms with E-state index in [4.69, 9.17) is 23.2 Å². The summed E-state index contributed by atoms with van der Waals surface area (Å²) in [6.07, 6.45) is 2.90. The van der Waals surface area contributed by atoms with E-state index in [0.29, 0.717) is 6.42 Å². The van der Waals surface area contributed by atoms with Crippen LogP contribution in [0.25, 0.3) is 0 Å². The van der Waals surface area contributed by atoms with Gasteiger partial charge in [-0.1, -0.05) is 12.1 Å². The number of carbonyl (C=O) groups is 1. The van der Waals surface area contributed by atoms with E-state index in [1.54, 1.807) is 6.92 Å². The summed E-state index contributed by atoms with van der Waals surface area (Å²) in [5, 5.41) is 3.00. The summed E-state index contributed by atoms with van der Waals surface area (Å²) in [6, 6.07) is 7.90. The van der Waals surface area contributed by atoms with Gasteiger partial charge in [-0.15, -0.1) is 23.2 Å². The van der Waals surface area contributed by atoms with Crippen LogP contribution in [0.1, 0.15) is 26.2 Å². The summed E-state index contributed by atoms with van der Waals surface area (Å²) < 4.78 is -0.931. The molecule has 1 saturated heterocycles. The minimum absolute atomic E-state index is 0.103. The molecule has 1 heterocycles. The van der Waals surface area contributed by atoms with E-state index in [2.05, 4.69) is 10.2 Å². The van der Waals surface area contributed by atoms with Gasteiger partial charge in [-0.05, 0) is 38.3 Å². The van der Waals surface area contributed by atoms with Crippen LogP contribution >= 0.6 is 23.2 Å². The third kappa shape index (κ3) is 2.27. The van der Waals surface area contributed by atoms with Gasteiger partial charge in [0.05, 0.1) is 16.8 Å². The first-order valence-corrected chi connectivity index (χ1v) is 7.73. The zero-order chi connectivity index (χ0) is 14.4.